The van der Waals surface area contributed by atoms with Crippen molar-refractivity contribution in [3.05, 3.63) is 30.1 Å². The molecule has 1 fully saturated rings. The summed E-state index contributed by atoms with van der Waals surface area (Å²) in [6.07, 6.45) is 2.26. The van der Waals surface area contributed by atoms with E-state index in [-0.39, 0.29) is 18.1 Å². The first-order valence-electron chi connectivity index (χ1n) is 8.01. The number of carbonyl (C=O) groups is 1. The Hall–Kier alpha value is -1.97. The second kappa shape index (κ2) is 8.61. The molecule has 0 N–H and O–H groups in total. The SMILES string of the molecule is C[C@@H]1CN(C(=O)CN(CCC#N)Cc2ccccn2)C[C@H](C)O1. The zero-order valence-electron chi connectivity index (χ0n) is 13.8. The molecule has 0 radical (unpaired) electrons. The largest absolute Gasteiger partial charge is 0.372 e. The highest BCUT2D eigenvalue weighted by atomic mass is 16.5. The van der Waals surface area contributed by atoms with Crippen molar-refractivity contribution in [3.8, 4) is 6.07 Å². The molecule has 1 aliphatic rings. The minimum Gasteiger partial charge on any atom is -0.372 e. The maximum Gasteiger partial charge on any atom is 0.236 e. The van der Waals surface area contributed by atoms with Gasteiger partial charge in [0.15, 0.2) is 0 Å². The average Bonchev–Trinajstić information content (AvgIpc) is 2.52. The Morgan fingerprint density at radius 3 is 2.78 bits per heavy atom. The maximum atomic E-state index is 12.6. The van der Waals surface area contributed by atoms with E-state index in [0.717, 1.165) is 5.69 Å². The summed E-state index contributed by atoms with van der Waals surface area (Å²) in [7, 11) is 0. The van der Waals surface area contributed by atoms with Crippen LogP contribution in [0.4, 0.5) is 0 Å². The number of nitriles is 1. The molecule has 0 aromatic carbocycles. The van der Waals surface area contributed by atoms with Crippen LogP contribution >= 0.6 is 0 Å². The van der Waals surface area contributed by atoms with Gasteiger partial charge in [-0.25, -0.2) is 0 Å². The predicted molar refractivity (Wildman–Crippen MR) is 86.3 cm³/mol. The van der Waals surface area contributed by atoms with E-state index < -0.39 is 0 Å². The lowest BCUT2D eigenvalue weighted by Gasteiger charge is -2.36. The minimum atomic E-state index is 0.0612. The maximum absolute atomic E-state index is 12.6. The highest BCUT2D eigenvalue weighted by molar-refractivity contribution is 5.78. The van der Waals surface area contributed by atoms with Gasteiger partial charge in [-0.05, 0) is 26.0 Å². The van der Waals surface area contributed by atoms with Crippen molar-refractivity contribution in [2.45, 2.75) is 39.0 Å². The van der Waals surface area contributed by atoms with Gasteiger partial charge >= 0.3 is 0 Å². The van der Waals surface area contributed by atoms with Gasteiger partial charge in [0.1, 0.15) is 0 Å². The molecule has 1 saturated heterocycles. The van der Waals surface area contributed by atoms with Crippen LogP contribution < -0.4 is 0 Å². The molecule has 1 aromatic rings. The Morgan fingerprint density at radius 2 is 2.17 bits per heavy atom. The van der Waals surface area contributed by atoms with Gasteiger partial charge in [-0.15, -0.1) is 0 Å². The summed E-state index contributed by atoms with van der Waals surface area (Å²) in [6.45, 7) is 6.65. The van der Waals surface area contributed by atoms with E-state index in [9.17, 15) is 4.79 Å². The molecule has 0 spiro atoms. The number of morpholine rings is 1. The van der Waals surface area contributed by atoms with Gasteiger partial charge in [0.25, 0.3) is 0 Å². The summed E-state index contributed by atoms with van der Waals surface area (Å²) in [4.78, 5) is 20.7. The van der Waals surface area contributed by atoms with Crippen LogP contribution in [-0.4, -0.2) is 59.1 Å². The van der Waals surface area contributed by atoms with Gasteiger partial charge in [-0.2, -0.15) is 5.26 Å². The highest BCUT2D eigenvalue weighted by Gasteiger charge is 2.26. The third-order valence-electron chi connectivity index (χ3n) is 3.78. The minimum absolute atomic E-state index is 0.0612. The van der Waals surface area contributed by atoms with Gasteiger partial charge in [-0.3, -0.25) is 14.7 Å². The molecule has 6 heteroatoms. The zero-order chi connectivity index (χ0) is 16.7. The van der Waals surface area contributed by atoms with Gasteiger partial charge in [0.05, 0.1) is 30.5 Å². The summed E-state index contributed by atoms with van der Waals surface area (Å²) >= 11 is 0. The molecule has 0 unspecified atom stereocenters. The molecule has 23 heavy (non-hydrogen) atoms. The summed E-state index contributed by atoms with van der Waals surface area (Å²) in [5, 5.41) is 8.83. The van der Waals surface area contributed by atoms with Crippen LogP contribution in [0.15, 0.2) is 24.4 Å². The first-order valence-corrected chi connectivity index (χ1v) is 8.01. The number of carbonyl (C=O) groups excluding carboxylic acids is 1. The second-order valence-corrected chi connectivity index (χ2v) is 6.00. The monoisotopic (exact) mass is 316 g/mol. The van der Waals surface area contributed by atoms with Crippen molar-refractivity contribution in [1.29, 1.82) is 5.26 Å². The normalized spacial score (nSPS) is 21.2. The molecular weight excluding hydrogens is 292 g/mol. The van der Waals surface area contributed by atoms with E-state index in [1.54, 1.807) is 6.20 Å². The van der Waals surface area contributed by atoms with E-state index in [4.69, 9.17) is 10.00 Å². The molecule has 1 aliphatic heterocycles. The van der Waals surface area contributed by atoms with Crippen molar-refractivity contribution in [3.63, 3.8) is 0 Å². The third kappa shape index (κ3) is 5.62. The molecular formula is C17H24N4O2. The molecule has 0 aliphatic carbocycles. The van der Waals surface area contributed by atoms with Gasteiger partial charge in [-0.1, -0.05) is 6.07 Å². The van der Waals surface area contributed by atoms with E-state index in [2.05, 4.69) is 11.1 Å². The van der Waals surface area contributed by atoms with Crippen LogP contribution in [0.2, 0.25) is 0 Å². The van der Waals surface area contributed by atoms with Crippen molar-refractivity contribution in [1.82, 2.24) is 14.8 Å². The third-order valence-corrected chi connectivity index (χ3v) is 3.78. The molecule has 2 atom stereocenters. The number of amides is 1. The van der Waals surface area contributed by atoms with Crippen molar-refractivity contribution in [2.75, 3.05) is 26.2 Å². The van der Waals surface area contributed by atoms with Crippen molar-refractivity contribution >= 4 is 5.91 Å². The molecule has 1 aromatic heterocycles. The summed E-state index contributed by atoms with van der Waals surface area (Å²) in [5.41, 5.74) is 0.905. The summed E-state index contributed by atoms with van der Waals surface area (Å²) in [6, 6.07) is 7.87. The van der Waals surface area contributed by atoms with Crippen molar-refractivity contribution < 1.29 is 9.53 Å². The van der Waals surface area contributed by atoms with Crippen LogP contribution in [0.3, 0.4) is 0 Å². The number of rotatable bonds is 6. The molecule has 1 amide bonds. The van der Waals surface area contributed by atoms with Crippen LogP contribution in [0.5, 0.6) is 0 Å². The van der Waals surface area contributed by atoms with Gasteiger partial charge in [0, 0.05) is 38.8 Å². The van der Waals surface area contributed by atoms with Gasteiger partial charge < -0.3 is 9.64 Å². The number of hydrogen-bond donors (Lipinski definition) is 0. The number of ether oxygens (including phenoxy) is 1. The standard InChI is InChI=1S/C17H24N4O2/c1-14-10-21(11-15(2)23-14)17(22)13-20(9-5-7-18)12-16-6-3-4-8-19-16/h3-4,6,8,14-15H,5,9-13H2,1-2H3/t14-,15+. The number of nitrogens with zero attached hydrogens (tertiary/aromatic N) is 4. The van der Waals surface area contributed by atoms with Crippen LogP contribution in [-0.2, 0) is 16.1 Å². The van der Waals surface area contributed by atoms with E-state index in [0.29, 0.717) is 39.1 Å². The topological polar surface area (TPSA) is 69.5 Å². The number of hydrogen-bond acceptors (Lipinski definition) is 5. The summed E-state index contributed by atoms with van der Waals surface area (Å²) < 4.78 is 5.67. The highest BCUT2D eigenvalue weighted by Crippen LogP contribution is 2.12. The zero-order valence-corrected chi connectivity index (χ0v) is 13.8. The predicted octanol–water partition coefficient (Wildman–Crippen LogP) is 1.43. The Balaban J connectivity index is 1.96. The van der Waals surface area contributed by atoms with Crippen LogP contribution in [0.1, 0.15) is 26.0 Å². The Morgan fingerprint density at radius 1 is 1.43 bits per heavy atom. The quantitative estimate of drug-likeness (QED) is 0.794. The Bertz CT molecular complexity index is 533. The van der Waals surface area contributed by atoms with E-state index >= 15 is 0 Å². The fourth-order valence-corrected chi connectivity index (χ4v) is 2.82. The fourth-order valence-electron chi connectivity index (χ4n) is 2.82. The first-order chi connectivity index (χ1) is 11.1. The lowest BCUT2D eigenvalue weighted by atomic mass is 10.2. The molecule has 2 heterocycles. The first kappa shape index (κ1) is 17.4. The molecule has 0 bridgehead atoms. The average molecular weight is 316 g/mol. The fraction of sp³-hybridized carbons (Fsp3) is 0.588. The van der Waals surface area contributed by atoms with Gasteiger partial charge in [0.2, 0.25) is 5.91 Å². The lowest BCUT2D eigenvalue weighted by Crippen LogP contribution is -2.51. The van der Waals surface area contributed by atoms with E-state index in [1.807, 2.05) is 41.8 Å². The van der Waals surface area contributed by atoms with Crippen LogP contribution in [0, 0.1) is 11.3 Å². The second-order valence-electron chi connectivity index (χ2n) is 6.00. The molecule has 0 saturated carbocycles. The van der Waals surface area contributed by atoms with Crippen molar-refractivity contribution in [2.24, 2.45) is 0 Å². The number of aromatic nitrogens is 1. The Labute approximate surface area is 137 Å². The molecule has 2 rings (SSSR count). The smallest absolute Gasteiger partial charge is 0.236 e. The van der Waals surface area contributed by atoms with Crippen LogP contribution in [0.25, 0.3) is 0 Å². The lowest BCUT2D eigenvalue weighted by molar-refractivity contribution is -0.144. The molecule has 6 nitrogen and oxygen atoms in total. The van der Waals surface area contributed by atoms with E-state index in [1.165, 1.54) is 0 Å². The summed E-state index contributed by atoms with van der Waals surface area (Å²) in [5.74, 6) is 0.0841. The Kier molecular flexibility index (Phi) is 6.51. The molecule has 124 valence electrons. The number of pyridine rings is 1.